The third kappa shape index (κ3) is 3.84. The molecule has 0 unspecified atom stereocenters. The second kappa shape index (κ2) is 5.29. The van der Waals surface area contributed by atoms with Gasteiger partial charge < -0.3 is 5.32 Å². The molecule has 1 rings (SSSR count). The Morgan fingerprint density at radius 2 is 1.60 bits per heavy atom. The minimum Gasteiger partial charge on any atom is -0.325 e. The molecule has 20 heavy (non-hydrogen) atoms. The summed E-state index contributed by atoms with van der Waals surface area (Å²) >= 11 is 0. The lowest BCUT2D eigenvalue weighted by atomic mass is 10.1. The van der Waals surface area contributed by atoms with Crippen molar-refractivity contribution in [3.8, 4) is 0 Å². The van der Waals surface area contributed by atoms with Crippen LogP contribution < -0.4 is 5.32 Å². The second-order valence-corrected chi connectivity index (χ2v) is 3.96. The van der Waals surface area contributed by atoms with E-state index in [-0.39, 0.29) is 5.56 Å². The summed E-state index contributed by atoms with van der Waals surface area (Å²) in [6.45, 7) is 1.30. The number of hydrogen-bond acceptors (Lipinski definition) is 1. The molecular weight excluding hydrogens is 295 g/mol. The molecule has 9 heteroatoms. The van der Waals surface area contributed by atoms with Gasteiger partial charge in [0.25, 0.3) is 0 Å². The number of carbonyl (C=O) groups excluding carboxylic acids is 1. The standard InChI is InChI=1S/C11H8F7NO/c1-5-2-3-6(12)4-7(5)19-9(20)8(10(13,14)15)11(16,17)18/h2-4,8H,1H3,(H,19,20). The summed E-state index contributed by atoms with van der Waals surface area (Å²) in [5.74, 6) is -7.38. The summed E-state index contributed by atoms with van der Waals surface area (Å²) in [4.78, 5) is 11.2. The SMILES string of the molecule is Cc1ccc(F)cc1NC(=O)C(C(F)(F)F)C(F)(F)F. The first-order valence-electron chi connectivity index (χ1n) is 5.13. The van der Waals surface area contributed by atoms with Gasteiger partial charge in [0.2, 0.25) is 11.8 Å². The van der Waals surface area contributed by atoms with Crippen LogP contribution in [-0.2, 0) is 4.79 Å². The van der Waals surface area contributed by atoms with Crippen LogP contribution in [-0.4, -0.2) is 18.3 Å². The Hall–Kier alpha value is -1.80. The van der Waals surface area contributed by atoms with E-state index in [1.54, 1.807) is 0 Å². The van der Waals surface area contributed by atoms with Crippen LogP contribution in [0, 0.1) is 18.7 Å². The van der Waals surface area contributed by atoms with Crippen molar-refractivity contribution in [2.75, 3.05) is 5.32 Å². The van der Waals surface area contributed by atoms with Crippen LogP contribution in [0.1, 0.15) is 5.56 Å². The third-order valence-corrected chi connectivity index (χ3v) is 2.37. The molecule has 0 aliphatic rings. The molecule has 2 nitrogen and oxygen atoms in total. The quantitative estimate of drug-likeness (QED) is 0.827. The topological polar surface area (TPSA) is 29.1 Å². The smallest absolute Gasteiger partial charge is 0.325 e. The van der Waals surface area contributed by atoms with Gasteiger partial charge in [-0.2, -0.15) is 26.3 Å². The van der Waals surface area contributed by atoms with Crippen molar-refractivity contribution >= 4 is 11.6 Å². The average Bonchev–Trinajstić information content (AvgIpc) is 2.18. The third-order valence-electron chi connectivity index (χ3n) is 2.37. The Kier molecular flexibility index (Phi) is 4.30. The van der Waals surface area contributed by atoms with Gasteiger partial charge in [-0.15, -0.1) is 0 Å². The van der Waals surface area contributed by atoms with Crippen LogP contribution in [0.2, 0.25) is 0 Å². The summed E-state index contributed by atoms with van der Waals surface area (Å²) in [5, 5.41) is 1.45. The van der Waals surface area contributed by atoms with Crippen LogP contribution in [0.25, 0.3) is 0 Å². The number of nitrogens with one attached hydrogen (secondary N) is 1. The highest BCUT2D eigenvalue weighted by Gasteiger charge is 2.61. The Balaban J connectivity index is 3.07. The number of carbonyl (C=O) groups is 1. The summed E-state index contributed by atoms with van der Waals surface area (Å²) in [6, 6.07) is 2.70. The molecule has 0 saturated carbocycles. The van der Waals surface area contributed by atoms with E-state index in [1.165, 1.54) is 12.2 Å². The number of anilines is 1. The Labute approximate surface area is 108 Å². The minimum absolute atomic E-state index is 0.128. The van der Waals surface area contributed by atoms with Gasteiger partial charge >= 0.3 is 12.4 Å². The number of amides is 1. The molecule has 0 aromatic heterocycles. The first-order chi connectivity index (χ1) is 8.93. The Morgan fingerprint density at radius 3 is 2.05 bits per heavy atom. The summed E-state index contributed by atoms with van der Waals surface area (Å²) < 4.78 is 86.6. The average molecular weight is 303 g/mol. The number of aryl methyl sites for hydroxylation is 1. The first kappa shape index (κ1) is 16.3. The van der Waals surface area contributed by atoms with Crippen molar-refractivity contribution in [1.29, 1.82) is 0 Å². The van der Waals surface area contributed by atoms with Crippen LogP contribution in [0.5, 0.6) is 0 Å². The maximum atomic E-state index is 12.9. The summed E-state index contributed by atoms with van der Waals surface area (Å²) in [5.41, 5.74) is -0.323. The largest absolute Gasteiger partial charge is 0.409 e. The minimum atomic E-state index is -5.79. The van der Waals surface area contributed by atoms with E-state index in [9.17, 15) is 35.5 Å². The lowest BCUT2D eigenvalue weighted by molar-refractivity contribution is -0.272. The van der Waals surface area contributed by atoms with E-state index in [0.29, 0.717) is 6.07 Å². The zero-order chi connectivity index (χ0) is 15.7. The van der Waals surface area contributed by atoms with E-state index < -0.39 is 35.7 Å². The molecule has 112 valence electrons. The molecule has 0 heterocycles. The van der Waals surface area contributed by atoms with Gasteiger partial charge in [-0.1, -0.05) is 6.07 Å². The summed E-state index contributed by atoms with van der Waals surface area (Å²) in [6.07, 6.45) is -11.6. The Bertz CT molecular complexity index is 492. The van der Waals surface area contributed by atoms with Crippen molar-refractivity contribution in [3.63, 3.8) is 0 Å². The van der Waals surface area contributed by atoms with E-state index in [0.717, 1.165) is 12.1 Å². The number of benzene rings is 1. The van der Waals surface area contributed by atoms with Crippen molar-refractivity contribution in [3.05, 3.63) is 29.6 Å². The monoisotopic (exact) mass is 303 g/mol. The lowest BCUT2D eigenvalue weighted by Crippen LogP contribution is -2.45. The van der Waals surface area contributed by atoms with Gasteiger partial charge in [0.1, 0.15) is 5.82 Å². The second-order valence-electron chi connectivity index (χ2n) is 3.96. The summed E-state index contributed by atoms with van der Waals surface area (Å²) in [7, 11) is 0. The van der Waals surface area contributed by atoms with Crippen molar-refractivity contribution < 1.29 is 35.5 Å². The van der Waals surface area contributed by atoms with E-state index in [4.69, 9.17) is 0 Å². The molecular formula is C11H8F7NO. The van der Waals surface area contributed by atoms with Gasteiger partial charge in [-0.3, -0.25) is 4.79 Å². The zero-order valence-corrected chi connectivity index (χ0v) is 9.86. The molecule has 0 aliphatic heterocycles. The highest BCUT2D eigenvalue weighted by Crippen LogP contribution is 2.40. The molecule has 1 amide bonds. The maximum Gasteiger partial charge on any atom is 0.409 e. The van der Waals surface area contributed by atoms with E-state index in [1.807, 2.05) is 0 Å². The van der Waals surface area contributed by atoms with Crippen molar-refractivity contribution in [2.45, 2.75) is 19.3 Å². The molecule has 0 radical (unpaired) electrons. The van der Waals surface area contributed by atoms with Gasteiger partial charge in [0.15, 0.2) is 0 Å². The van der Waals surface area contributed by atoms with E-state index in [2.05, 4.69) is 0 Å². The van der Waals surface area contributed by atoms with Gasteiger partial charge in [-0.05, 0) is 24.6 Å². The van der Waals surface area contributed by atoms with Crippen molar-refractivity contribution in [1.82, 2.24) is 0 Å². The molecule has 0 aliphatic carbocycles. The molecule has 1 N–H and O–H groups in total. The fraction of sp³-hybridized carbons (Fsp3) is 0.364. The zero-order valence-electron chi connectivity index (χ0n) is 9.86. The highest BCUT2D eigenvalue weighted by atomic mass is 19.4. The van der Waals surface area contributed by atoms with Crippen molar-refractivity contribution in [2.24, 2.45) is 5.92 Å². The van der Waals surface area contributed by atoms with Crippen LogP contribution in [0.4, 0.5) is 36.4 Å². The molecule has 0 atom stereocenters. The first-order valence-corrected chi connectivity index (χ1v) is 5.13. The van der Waals surface area contributed by atoms with Crippen LogP contribution in [0.15, 0.2) is 18.2 Å². The molecule has 0 spiro atoms. The fourth-order valence-electron chi connectivity index (χ4n) is 1.42. The van der Waals surface area contributed by atoms with Crippen LogP contribution in [0.3, 0.4) is 0 Å². The highest BCUT2D eigenvalue weighted by molar-refractivity contribution is 5.94. The molecule has 0 saturated heterocycles. The predicted octanol–water partition coefficient (Wildman–Crippen LogP) is 3.81. The maximum absolute atomic E-state index is 12.9. The van der Waals surface area contributed by atoms with Gasteiger partial charge in [0, 0.05) is 5.69 Å². The molecule has 0 bridgehead atoms. The van der Waals surface area contributed by atoms with Crippen LogP contribution >= 0.6 is 0 Å². The fourth-order valence-corrected chi connectivity index (χ4v) is 1.42. The number of hydrogen-bond donors (Lipinski definition) is 1. The number of rotatable bonds is 2. The number of alkyl halides is 6. The lowest BCUT2D eigenvalue weighted by Gasteiger charge is -2.22. The molecule has 1 aromatic rings. The Morgan fingerprint density at radius 1 is 1.10 bits per heavy atom. The number of halogens is 7. The van der Waals surface area contributed by atoms with E-state index >= 15 is 0 Å². The van der Waals surface area contributed by atoms with Gasteiger partial charge in [0.05, 0.1) is 0 Å². The van der Waals surface area contributed by atoms with Gasteiger partial charge in [-0.25, -0.2) is 4.39 Å². The normalized spacial score (nSPS) is 12.7. The predicted molar refractivity (Wildman–Crippen MR) is 55.4 cm³/mol. The molecule has 0 fully saturated rings. The molecule has 1 aromatic carbocycles.